The van der Waals surface area contributed by atoms with Crippen LogP contribution in [-0.2, 0) is 85.3 Å². The fourth-order valence-electron chi connectivity index (χ4n) is 3.95. The number of benzene rings is 2. The van der Waals surface area contributed by atoms with Gasteiger partial charge in [-0.2, -0.15) is 0 Å². The third-order valence-corrected chi connectivity index (χ3v) is 5.49. The molecule has 13 heteroatoms. The van der Waals surface area contributed by atoms with E-state index in [2.05, 4.69) is 46.0 Å². The molecule has 1 saturated heterocycles. The second kappa shape index (κ2) is 36.5. The average molecular weight is 705 g/mol. The zero-order chi connectivity index (χ0) is 34.3. The number of hydrogen-bond acceptors (Lipinski definition) is 5. The molecule has 2 atom stereocenters. The van der Waals surface area contributed by atoms with E-state index in [1.54, 1.807) is 0 Å². The van der Waals surface area contributed by atoms with Gasteiger partial charge < -0.3 is 14.2 Å². The average Bonchev–Trinajstić information content (AvgIpc) is 3.12. The second-order valence-corrected chi connectivity index (χ2v) is 7.52. The van der Waals surface area contributed by atoms with E-state index in [1.165, 1.54) is 14.2 Å². The van der Waals surface area contributed by atoms with Crippen LogP contribution in [0.25, 0.3) is 12.2 Å². The minimum absolute atomic E-state index is 0. The second-order valence-electron chi connectivity index (χ2n) is 7.52. The molecule has 1 aliphatic rings. The van der Waals surface area contributed by atoms with Gasteiger partial charge in [0, 0.05) is 33.6 Å². The summed E-state index contributed by atoms with van der Waals surface area (Å²) in [6.45, 7) is 28.8. The smallest absolute Gasteiger partial charge is 0 e. The summed E-state index contributed by atoms with van der Waals surface area (Å²) in [6, 6.07) is 19.5. The van der Waals surface area contributed by atoms with Crippen molar-refractivity contribution in [2.24, 2.45) is 5.41 Å². The van der Waals surface area contributed by atoms with E-state index < -0.39 is 23.5 Å². The molecule has 0 aromatic heterocycles. The molecule has 3 radical (unpaired) electrons. The van der Waals surface area contributed by atoms with Crippen molar-refractivity contribution < 1.29 is 85.3 Å². The third kappa shape index (κ3) is 18.0. The van der Waals surface area contributed by atoms with Crippen molar-refractivity contribution in [2.45, 2.75) is 32.0 Å². The van der Waals surface area contributed by atoms with E-state index in [4.69, 9.17) is 42.1 Å². The van der Waals surface area contributed by atoms with Crippen LogP contribution in [0.2, 0.25) is 0 Å². The van der Waals surface area contributed by atoms with Crippen molar-refractivity contribution in [1.29, 1.82) is 0 Å². The zero-order valence-corrected chi connectivity index (χ0v) is 26.2. The monoisotopic (exact) mass is 705 g/mol. The molecule has 1 heterocycles. The zero-order valence-electron chi connectivity index (χ0n) is 24.2. The maximum atomic E-state index is 12.9. The molecule has 45 heavy (non-hydrogen) atoms. The molecule has 3 rings (SSSR count). The topological polar surface area (TPSA) is 181 Å². The molecule has 0 N–H and O–H groups in total. The van der Waals surface area contributed by atoms with Gasteiger partial charge >= 0.3 is 79.8 Å². The summed E-state index contributed by atoms with van der Waals surface area (Å²) in [5.41, 5.74) is 1.10. The first-order valence-electron chi connectivity index (χ1n) is 11.4. The van der Waals surface area contributed by atoms with Gasteiger partial charge in [0.05, 0.1) is 20.3 Å². The number of esters is 2. The van der Waals surface area contributed by atoms with E-state index in [0.717, 1.165) is 16.7 Å². The summed E-state index contributed by atoms with van der Waals surface area (Å²) in [7, 11) is 2.54. The third-order valence-electron chi connectivity index (χ3n) is 5.49. The number of methoxy groups -OCH3 is 2. The Morgan fingerprint density at radius 3 is 1.51 bits per heavy atom. The van der Waals surface area contributed by atoms with Gasteiger partial charge in [0.2, 0.25) is 0 Å². The fourth-order valence-corrected chi connectivity index (χ4v) is 3.95. The summed E-state index contributed by atoms with van der Waals surface area (Å²) in [6.07, 6.45) is 6.47. The molecular formula is C32H27Co2O11. The Kier molecular flexibility index (Phi) is 43.6. The fraction of sp³-hybridized carbons (Fsp3) is 0.250. The summed E-state index contributed by atoms with van der Waals surface area (Å²) >= 11 is 0. The molecule has 0 amide bonds. The molecule has 0 spiro atoms. The number of ether oxygens (including phenoxy) is 3. The summed E-state index contributed by atoms with van der Waals surface area (Å²) in [4.78, 5) is 25.8. The van der Waals surface area contributed by atoms with Crippen molar-refractivity contribution in [3.05, 3.63) is 123 Å². The van der Waals surface area contributed by atoms with Crippen LogP contribution in [0.1, 0.15) is 30.9 Å². The number of carbonyl (C=O) groups is 2. The largest absolute Gasteiger partial charge is 0 e. The van der Waals surface area contributed by atoms with Crippen LogP contribution < -0.4 is 0 Å². The SMILES string of the molecule is COC(=O)C1(C(=O)OC)CC[C@@H]([C]=Cc2ccccc2)O[C@H]1/C(C)=C/c1ccccc1.[C-]#[O+].[C-]#[O+].[C-]#[O+].[C-]#[O+].[C-]#[O+].[C-]#[O+].[Co].[Co]. The standard InChI is InChI=1S/C26H27O5.6CO.2Co/c1-19(18-21-12-8-5-9-13-21)23-26(24(27)29-2,25(28)30-3)17-16-22(31-23)15-14-20-10-6-4-7-11-20;6*1-2;;/h4-14,18,22-23H,16-17H2,1-3H3;;;;;;;;/b15-14?,19-18+;;;;;;;;/t22-,23+;;;;;;;;/m1......../s1. The van der Waals surface area contributed by atoms with Crippen molar-refractivity contribution in [3.8, 4) is 0 Å². The van der Waals surface area contributed by atoms with Gasteiger partial charge in [-0.15, -0.1) is 0 Å². The molecule has 2 aromatic carbocycles. The Bertz CT molecular complexity index is 1170. The minimum atomic E-state index is -1.57. The molecule has 0 saturated carbocycles. The molecule has 1 fully saturated rings. The van der Waals surface area contributed by atoms with Crippen LogP contribution in [0.4, 0.5) is 0 Å². The molecule has 239 valence electrons. The van der Waals surface area contributed by atoms with Gasteiger partial charge in [0.1, 0.15) is 6.10 Å². The van der Waals surface area contributed by atoms with Gasteiger partial charge in [0.15, 0.2) is 5.41 Å². The maximum absolute atomic E-state index is 12.9. The molecular weight excluding hydrogens is 678 g/mol. The molecule has 11 nitrogen and oxygen atoms in total. The summed E-state index contributed by atoms with van der Waals surface area (Å²) in [5, 5.41) is 0. The predicted molar refractivity (Wildman–Crippen MR) is 142 cm³/mol. The normalized spacial score (nSPS) is 14.7. The summed E-state index contributed by atoms with van der Waals surface area (Å²) < 4.78 is 61.4. The van der Waals surface area contributed by atoms with Gasteiger partial charge in [-0.1, -0.05) is 66.7 Å². The molecule has 1 aliphatic heterocycles. The number of hydrogen-bond donors (Lipinski definition) is 0. The number of rotatable bonds is 6. The first-order valence-corrected chi connectivity index (χ1v) is 11.4. The van der Waals surface area contributed by atoms with Crippen LogP contribution >= 0.6 is 0 Å². The molecule has 0 unspecified atom stereocenters. The van der Waals surface area contributed by atoms with Gasteiger partial charge in [0.25, 0.3) is 0 Å². The van der Waals surface area contributed by atoms with Crippen LogP contribution in [0.5, 0.6) is 0 Å². The van der Waals surface area contributed by atoms with Crippen molar-refractivity contribution >= 4 is 24.1 Å². The molecule has 0 aliphatic carbocycles. The van der Waals surface area contributed by atoms with E-state index in [-0.39, 0.29) is 46.1 Å². The van der Waals surface area contributed by atoms with Crippen LogP contribution in [0.15, 0.2) is 66.2 Å². The van der Waals surface area contributed by atoms with Crippen molar-refractivity contribution in [2.75, 3.05) is 14.2 Å². The van der Waals surface area contributed by atoms with Crippen molar-refractivity contribution in [1.82, 2.24) is 0 Å². The summed E-state index contributed by atoms with van der Waals surface area (Å²) in [5.74, 6) is -1.31. The maximum Gasteiger partial charge on any atom is 0 e. The first kappa shape index (κ1) is 53.8. The Balaban J connectivity index is -0.000000243. The quantitative estimate of drug-likeness (QED) is 0.188. The molecule has 0 bridgehead atoms. The minimum Gasteiger partial charge on any atom is 0 e. The van der Waals surface area contributed by atoms with Crippen molar-refractivity contribution in [3.63, 3.8) is 0 Å². The Hall–Kier alpha value is -3.73. The number of carbonyl (C=O) groups excluding carboxylic acids is 2. The predicted octanol–water partition coefficient (Wildman–Crippen LogP) is 4.26. The van der Waals surface area contributed by atoms with E-state index in [9.17, 15) is 9.59 Å². The van der Waals surface area contributed by atoms with Crippen LogP contribution in [-0.4, -0.2) is 38.4 Å². The van der Waals surface area contributed by atoms with Crippen LogP contribution in [0.3, 0.4) is 0 Å². The first-order chi connectivity index (χ1) is 21.0. The molecule has 2 aromatic rings. The van der Waals surface area contributed by atoms with Gasteiger partial charge in [-0.25, -0.2) is 0 Å². The van der Waals surface area contributed by atoms with Crippen LogP contribution in [0, 0.1) is 51.4 Å². The Morgan fingerprint density at radius 1 is 0.756 bits per heavy atom. The Labute approximate surface area is 283 Å². The van der Waals surface area contributed by atoms with E-state index >= 15 is 0 Å². The van der Waals surface area contributed by atoms with Gasteiger partial charge in [-0.3, -0.25) is 9.59 Å². The van der Waals surface area contributed by atoms with Gasteiger partial charge in [-0.05, 0) is 48.6 Å². The van der Waals surface area contributed by atoms with E-state index in [0.29, 0.717) is 6.42 Å². The Morgan fingerprint density at radius 2 is 1.13 bits per heavy atom. The van der Waals surface area contributed by atoms with E-state index in [1.807, 2.05) is 79.7 Å².